The summed E-state index contributed by atoms with van der Waals surface area (Å²) in [5.74, 6) is -2.74. The van der Waals surface area contributed by atoms with Crippen molar-refractivity contribution in [3.63, 3.8) is 0 Å². The third-order valence-corrected chi connectivity index (χ3v) is 21.8. The van der Waals surface area contributed by atoms with E-state index in [1.807, 2.05) is 0 Å². The summed E-state index contributed by atoms with van der Waals surface area (Å²) in [4.78, 5) is 26.8. The van der Waals surface area contributed by atoms with Crippen LogP contribution < -0.4 is 0 Å². The first-order valence-corrected chi connectivity index (χ1v) is 30.2. The normalized spacial score (nSPS) is 59.3. The van der Waals surface area contributed by atoms with Crippen molar-refractivity contribution in [2.45, 2.75) is 307 Å². The van der Waals surface area contributed by atoms with Crippen molar-refractivity contribution in [2.24, 2.45) is 23.7 Å². The van der Waals surface area contributed by atoms with E-state index in [0.717, 1.165) is 49.7 Å². The molecule has 3 spiro atoms. The lowest BCUT2D eigenvalue weighted by atomic mass is 9.78. The van der Waals surface area contributed by atoms with E-state index >= 15 is 0 Å². The molecular formula is C59H80O18. The SMILES string of the molecule is C=C1C[C@@H]2CC[C@@]34C[C@H]5O[C@H]6[C@@H](O3)[C@H]3O[C@H](CC[C@@H]3O[C@H]6[C@H]5O4)CC(=O)O[C@@H]3[C@@H](C)[C@@H]4O[C@@H]5C[C@]6(C[C@@H]7O[C@]8(C[C@H](C)[C@@H]9O[C@@H]%10CC(=O)O[C@@H]%10C[C@@H]9O8)C[C@H](C)[C@@H]7O6)O[C@@H]5C[C@@H]4O[C@H]3C[C@H]3O[C@@H](CC[C@@H]1O2)C[C@@H](C)C3=C. The van der Waals surface area contributed by atoms with E-state index in [-0.39, 0.29) is 164 Å². The Balaban J connectivity index is 0.639. The van der Waals surface area contributed by atoms with E-state index in [2.05, 4.69) is 40.9 Å². The van der Waals surface area contributed by atoms with Crippen molar-refractivity contribution >= 4 is 11.9 Å². The number of hydrogen-bond acceptors (Lipinski definition) is 18. The Morgan fingerprint density at radius 3 is 1.92 bits per heavy atom. The Kier molecular flexibility index (Phi) is 12.1. The van der Waals surface area contributed by atoms with E-state index in [0.29, 0.717) is 70.6 Å². The zero-order chi connectivity index (χ0) is 52.0. The summed E-state index contributed by atoms with van der Waals surface area (Å²) in [5.41, 5.74) is 2.17. The molecule has 0 unspecified atom stereocenters. The van der Waals surface area contributed by atoms with Crippen LogP contribution in [0.1, 0.15) is 143 Å². The Hall–Kier alpha value is -2.14. The van der Waals surface area contributed by atoms with Gasteiger partial charge in [-0.05, 0) is 73.8 Å². The molecule has 18 nitrogen and oxygen atoms in total. The second-order valence-electron chi connectivity index (χ2n) is 27.1. The van der Waals surface area contributed by atoms with E-state index in [1.54, 1.807) is 0 Å². The number of carbonyl (C=O) groups excluding carboxylic acids is 2. The number of fused-ring (bicyclic) bond motifs is 11. The number of esters is 2. The van der Waals surface area contributed by atoms with Crippen molar-refractivity contribution in [3.05, 3.63) is 24.3 Å². The van der Waals surface area contributed by atoms with Gasteiger partial charge in [0.1, 0.15) is 48.8 Å². The molecule has 0 aromatic heterocycles. The quantitative estimate of drug-likeness (QED) is 0.199. The van der Waals surface area contributed by atoms with Crippen LogP contribution in [0.3, 0.4) is 0 Å². The van der Waals surface area contributed by atoms with E-state index in [1.165, 1.54) is 0 Å². The Labute approximate surface area is 451 Å². The molecule has 17 fully saturated rings. The Morgan fingerprint density at radius 2 is 1.04 bits per heavy atom. The molecule has 17 rings (SSSR count). The average Bonchev–Trinajstić information content (AvgIpc) is 4.40. The number of carbonyl (C=O) groups is 2. The fourth-order valence-electron chi connectivity index (χ4n) is 18.3. The van der Waals surface area contributed by atoms with E-state index in [4.69, 9.17) is 75.8 Å². The second-order valence-corrected chi connectivity index (χ2v) is 27.1. The summed E-state index contributed by atoms with van der Waals surface area (Å²) >= 11 is 0. The minimum atomic E-state index is -0.896. The summed E-state index contributed by atoms with van der Waals surface area (Å²) in [5, 5.41) is 0. The summed E-state index contributed by atoms with van der Waals surface area (Å²) in [6.45, 7) is 17.9. The van der Waals surface area contributed by atoms with E-state index < -0.39 is 41.8 Å². The van der Waals surface area contributed by atoms with Gasteiger partial charge < -0.3 is 75.8 Å². The summed E-state index contributed by atoms with van der Waals surface area (Å²) in [6, 6.07) is 0. The smallest absolute Gasteiger partial charge is 0.308 e. The minimum Gasteiger partial charge on any atom is -0.459 e. The Morgan fingerprint density at radius 1 is 0.390 bits per heavy atom. The monoisotopic (exact) mass is 1080 g/mol. The summed E-state index contributed by atoms with van der Waals surface area (Å²) < 4.78 is 109. The molecule has 31 atom stereocenters. The maximum atomic E-state index is 14.6. The lowest BCUT2D eigenvalue weighted by Gasteiger charge is -2.54. The van der Waals surface area contributed by atoms with Crippen LogP contribution in [-0.4, -0.2) is 176 Å². The number of ether oxygens (including phenoxy) is 16. The van der Waals surface area contributed by atoms with Crippen molar-refractivity contribution in [2.75, 3.05) is 0 Å². The lowest BCUT2D eigenvalue weighted by molar-refractivity contribution is -0.369. The fourth-order valence-corrected chi connectivity index (χ4v) is 18.3. The zero-order valence-corrected chi connectivity index (χ0v) is 45.2. The highest BCUT2D eigenvalue weighted by atomic mass is 16.8. The van der Waals surface area contributed by atoms with Crippen LogP contribution in [0.4, 0.5) is 0 Å². The van der Waals surface area contributed by atoms with Gasteiger partial charge in [-0.1, -0.05) is 40.9 Å². The standard InChI is InChI=1S/C59H80O18/c1-25-13-31-7-9-34-26(2)14-33(62-34)11-12-57-23-44-53(76-57)54-55(70-44)56(77-57)52-35(67-54)10-8-32(64-52)15-46(60)71-51-30(6)50-41(65-40(51)16-36(63-31)29(25)5)18-39-43(69-50)22-59(72-39)24-45-49(75-59)28(4)21-58(74-45)20-27(3)48-42(73-58)17-37-38(68-48)19-47(61)66-37/h25,27-28,30-45,48-56H,2,5,7-24H2,1,3-4,6H3/t25-,27+,28+,30+,31+,32-,33+,34+,35+,36-,37-,38-,39-,40+,41+,42+,43-,44-,45+,48+,49+,50+,51-,52+,53+,54+,55-,56+,57+,58-,59+/m1/s1. The van der Waals surface area contributed by atoms with Crippen LogP contribution in [0.2, 0.25) is 0 Å². The molecule has 12 bridgehead atoms. The molecule has 0 N–H and O–H groups in total. The van der Waals surface area contributed by atoms with Gasteiger partial charge >= 0.3 is 11.9 Å². The summed E-state index contributed by atoms with van der Waals surface area (Å²) in [7, 11) is 0. The summed E-state index contributed by atoms with van der Waals surface area (Å²) in [6.07, 6.45) is 5.20. The average molecular weight is 1080 g/mol. The molecular weight excluding hydrogens is 997 g/mol. The highest BCUT2D eigenvalue weighted by Gasteiger charge is 2.70. The molecule has 17 saturated heterocycles. The van der Waals surface area contributed by atoms with Crippen molar-refractivity contribution in [3.8, 4) is 0 Å². The maximum absolute atomic E-state index is 14.6. The maximum Gasteiger partial charge on any atom is 0.308 e. The molecule has 424 valence electrons. The predicted molar refractivity (Wildman–Crippen MR) is 265 cm³/mol. The van der Waals surface area contributed by atoms with Crippen molar-refractivity contribution in [1.29, 1.82) is 0 Å². The largest absolute Gasteiger partial charge is 0.459 e. The van der Waals surface area contributed by atoms with Crippen LogP contribution in [0.5, 0.6) is 0 Å². The topological polar surface area (TPSA) is 182 Å². The molecule has 0 aromatic carbocycles. The highest BCUT2D eigenvalue weighted by molar-refractivity contribution is 5.72. The van der Waals surface area contributed by atoms with Crippen LogP contribution in [-0.2, 0) is 85.4 Å². The molecule has 0 radical (unpaired) electrons. The molecule has 17 aliphatic heterocycles. The van der Waals surface area contributed by atoms with Crippen molar-refractivity contribution < 1.29 is 85.4 Å². The van der Waals surface area contributed by atoms with Gasteiger partial charge in [-0.3, -0.25) is 9.59 Å². The predicted octanol–water partition coefficient (Wildman–Crippen LogP) is 6.14. The third-order valence-electron chi connectivity index (χ3n) is 21.8. The number of rotatable bonds is 0. The first-order chi connectivity index (χ1) is 37.1. The molecule has 77 heavy (non-hydrogen) atoms. The second kappa shape index (κ2) is 18.4. The van der Waals surface area contributed by atoms with Crippen LogP contribution >= 0.6 is 0 Å². The molecule has 0 saturated carbocycles. The van der Waals surface area contributed by atoms with Gasteiger partial charge in [0.25, 0.3) is 0 Å². The van der Waals surface area contributed by atoms with E-state index in [9.17, 15) is 9.59 Å². The molecule has 18 heteroatoms. The van der Waals surface area contributed by atoms with Gasteiger partial charge in [-0.25, -0.2) is 0 Å². The van der Waals surface area contributed by atoms with Crippen molar-refractivity contribution in [1.82, 2.24) is 0 Å². The van der Waals surface area contributed by atoms with Gasteiger partial charge in [0.15, 0.2) is 17.4 Å². The van der Waals surface area contributed by atoms with Crippen LogP contribution in [0.25, 0.3) is 0 Å². The lowest BCUT2D eigenvalue weighted by Crippen LogP contribution is -2.62. The third kappa shape index (κ3) is 8.42. The molecule has 0 amide bonds. The van der Waals surface area contributed by atoms with Crippen LogP contribution in [0.15, 0.2) is 24.3 Å². The van der Waals surface area contributed by atoms with Gasteiger partial charge in [0.05, 0.1) is 111 Å². The molecule has 17 aliphatic rings. The minimum absolute atomic E-state index is 0.00927. The number of hydrogen-bond donors (Lipinski definition) is 0. The first kappa shape index (κ1) is 50.6. The first-order valence-electron chi connectivity index (χ1n) is 30.2. The highest BCUT2D eigenvalue weighted by Crippen LogP contribution is 2.58. The Bertz CT molecular complexity index is 2390. The fraction of sp³-hybridized carbons (Fsp3) is 0.898. The zero-order valence-electron chi connectivity index (χ0n) is 45.2. The van der Waals surface area contributed by atoms with Gasteiger partial charge in [-0.15, -0.1) is 0 Å². The molecule has 0 aromatic rings. The van der Waals surface area contributed by atoms with Gasteiger partial charge in [-0.2, -0.15) is 0 Å². The van der Waals surface area contributed by atoms with Crippen LogP contribution in [0, 0.1) is 23.7 Å². The van der Waals surface area contributed by atoms with Gasteiger partial charge in [0, 0.05) is 63.7 Å². The molecule has 0 aliphatic carbocycles. The molecule has 17 heterocycles. The van der Waals surface area contributed by atoms with Gasteiger partial charge in [0.2, 0.25) is 0 Å².